The molecular weight excluding hydrogens is 198 g/mol. The van der Waals surface area contributed by atoms with Gasteiger partial charge in [0, 0.05) is 12.6 Å². The van der Waals surface area contributed by atoms with E-state index in [1.165, 1.54) is 0 Å². The standard InChI is InChI=1S/C9H15N3OS/c1-2-3-5-10-9(14)11-7-8-4-6-12-13-8/h4,6H,2-3,5,7H2,1H3,(H2,10,11,14). The molecule has 1 aromatic heterocycles. The van der Waals surface area contributed by atoms with Crippen molar-refractivity contribution in [2.75, 3.05) is 6.54 Å². The predicted molar refractivity (Wildman–Crippen MR) is 58.9 cm³/mol. The molecule has 4 nitrogen and oxygen atoms in total. The molecule has 0 amide bonds. The molecule has 0 bridgehead atoms. The Morgan fingerprint density at radius 1 is 1.57 bits per heavy atom. The molecule has 78 valence electrons. The Bertz CT molecular complexity index is 261. The highest BCUT2D eigenvalue weighted by atomic mass is 32.1. The van der Waals surface area contributed by atoms with Gasteiger partial charge in [0.2, 0.25) is 0 Å². The monoisotopic (exact) mass is 213 g/mol. The Kier molecular flexibility index (Phi) is 4.99. The lowest BCUT2D eigenvalue weighted by Crippen LogP contribution is -2.35. The molecule has 14 heavy (non-hydrogen) atoms. The van der Waals surface area contributed by atoms with Crippen LogP contribution >= 0.6 is 12.2 Å². The molecule has 0 spiro atoms. The summed E-state index contributed by atoms with van der Waals surface area (Å²) in [6, 6.07) is 1.81. The van der Waals surface area contributed by atoms with Crippen LogP contribution in [0.5, 0.6) is 0 Å². The lowest BCUT2D eigenvalue weighted by molar-refractivity contribution is 0.380. The fraction of sp³-hybridized carbons (Fsp3) is 0.556. The van der Waals surface area contributed by atoms with Crippen LogP contribution in [0.3, 0.4) is 0 Å². The van der Waals surface area contributed by atoms with E-state index in [9.17, 15) is 0 Å². The Hall–Kier alpha value is -1.10. The van der Waals surface area contributed by atoms with Gasteiger partial charge < -0.3 is 15.2 Å². The Labute approximate surface area is 89.0 Å². The van der Waals surface area contributed by atoms with Crippen LogP contribution < -0.4 is 10.6 Å². The van der Waals surface area contributed by atoms with Gasteiger partial charge in [-0.2, -0.15) is 0 Å². The summed E-state index contributed by atoms with van der Waals surface area (Å²) in [5.74, 6) is 0.782. The summed E-state index contributed by atoms with van der Waals surface area (Å²) in [4.78, 5) is 0. The molecule has 5 heteroatoms. The van der Waals surface area contributed by atoms with Crippen molar-refractivity contribution in [3.8, 4) is 0 Å². The summed E-state index contributed by atoms with van der Waals surface area (Å²) in [6.07, 6.45) is 3.91. The van der Waals surface area contributed by atoms with E-state index in [4.69, 9.17) is 16.7 Å². The highest BCUT2D eigenvalue weighted by molar-refractivity contribution is 7.80. The zero-order valence-electron chi connectivity index (χ0n) is 8.25. The Morgan fingerprint density at radius 2 is 2.43 bits per heavy atom. The largest absolute Gasteiger partial charge is 0.363 e. The fourth-order valence-corrected chi connectivity index (χ4v) is 1.12. The first-order chi connectivity index (χ1) is 6.83. The molecule has 0 aliphatic rings. The van der Waals surface area contributed by atoms with Crippen LogP contribution in [0.15, 0.2) is 16.8 Å². The fourth-order valence-electron chi connectivity index (χ4n) is 0.942. The molecule has 0 unspecified atom stereocenters. The van der Waals surface area contributed by atoms with Crippen molar-refractivity contribution in [1.82, 2.24) is 15.8 Å². The minimum atomic E-state index is 0.581. The van der Waals surface area contributed by atoms with Gasteiger partial charge in [-0.25, -0.2) is 0 Å². The molecule has 0 aromatic carbocycles. The van der Waals surface area contributed by atoms with Gasteiger partial charge in [-0.3, -0.25) is 0 Å². The first-order valence-corrected chi connectivity index (χ1v) is 5.15. The Morgan fingerprint density at radius 3 is 3.07 bits per heavy atom. The van der Waals surface area contributed by atoms with Gasteiger partial charge in [-0.05, 0) is 18.6 Å². The third-order valence-corrected chi connectivity index (χ3v) is 2.02. The van der Waals surface area contributed by atoms with E-state index >= 15 is 0 Å². The lowest BCUT2D eigenvalue weighted by atomic mass is 10.3. The molecule has 0 atom stereocenters. The number of rotatable bonds is 5. The molecule has 1 rings (SSSR count). The van der Waals surface area contributed by atoms with Crippen molar-refractivity contribution >= 4 is 17.3 Å². The van der Waals surface area contributed by atoms with Crippen LogP contribution in [0, 0.1) is 0 Å². The minimum absolute atomic E-state index is 0.581. The number of hydrogen-bond donors (Lipinski definition) is 2. The smallest absolute Gasteiger partial charge is 0.166 e. The normalized spacial score (nSPS) is 9.79. The van der Waals surface area contributed by atoms with Gasteiger partial charge in [-0.15, -0.1) is 0 Å². The second-order valence-electron chi connectivity index (χ2n) is 2.94. The van der Waals surface area contributed by atoms with Crippen molar-refractivity contribution < 1.29 is 4.52 Å². The summed E-state index contributed by atoms with van der Waals surface area (Å²) in [7, 11) is 0. The number of nitrogens with zero attached hydrogens (tertiary/aromatic N) is 1. The average Bonchev–Trinajstić information content (AvgIpc) is 2.68. The highest BCUT2D eigenvalue weighted by Crippen LogP contribution is 1.94. The van der Waals surface area contributed by atoms with E-state index in [1.807, 2.05) is 6.07 Å². The summed E-state index contributed by atoms with van der Waals surface area (Å²) in [5, 5.41) is 10.4. The number of hydrogen-bond acceptors (Lipinski definition) is 3. The van der Waals surface area contributed by atoms with Crippen molar-refractivity contribution in [2.45, 2.75) is 26.3 Å². The summed E-state index contributed by atoms with van der Waals surface area (Å²) >= 11 is 5.06. The molecule has 2 N–H and O–H groups in total. The van der Waals surface area contributed by atoms with Crippen molar-refractivity contribution in [3.63, 3.8) is 0 Å². The second kappa shape index (κ2) is 6.37. The van der Waals surface area contributed by atoms with E-state index in [-0.39, 0.29) is 0 Å². The molecule has 0 radical (unpaired) electrons. The molecule has 1 heterocycles. The molecule has 0 saturated carbocycles. The number of nitrogens with one attached hydrogen (secondary N) is 2. The highest BCUT2D eigenvalue weighted by Gasteiger charge is 1.98. The van der Waals surface area contributed by atoms with Gasteiger partial charge in [0.25, 0.3) is 0 Å². The minimum Gasteiger partial charge on any atom is -0.363 e. The summed E-state index contributed by atoms with van der Waals surface area (Å²) < 4.78 is 4.91. The number of unbranched alkanes of at least 4 members (excludes halogenated alkanes) is 1. The second-order valence-corrected chi connectivity index (χ2v) is 3.35. The van der Waals surface area contributed by atoms with Gasteiger partial charge in [-0.1, -0.05) is 18.5 Å². The van der Waals surface area contributed by atoms with E-state index in [0.29, 0.717) is 11.7 Å². The maximum absolute atomic E-state index is 5.06. The van der Waals surface area contributed by atoms with Crippen LogP contribution in [-0.2, 0) is 6.54 Å². The van der Waals surface area contributed by atoms with E-state index < -0.39 is 0 Å². The van der Waals surface area contributed by atoms with Crippen LogP contribution in [0.1, 0.15) is 25.5 Å². The lowest BCUT2D eigenvalue weighted by Gasteiger charge is -2.07. The van der Waals surface area contributed by atoms with Gasteiger partial charge in [0.1, 0.15) is 0 Å². The molecule has 1 aromatic rings. The topological polar surface area (TPSA) is 50.1 Å². The van der Waals surface area contributed by atoms with E-state index in [1.54, 1.807) is 6.20 Å². The molecular formula is C9H15N3OS. The van der Waals surface area contributed by atoms with Crippen LogP contribution in [0.4, 0.5) is 0 Å². The molecule has 0 aliphatic heterocycles. The van der Waals surface area contributed by atoms with Gasteiger partial charge in [0.15, 0.2) is 10.9 Å². The maximum atomic E-state index is 5.06. The molecule has 0 fully saturated rings. The maximum Gasteiger partial charge on any atom is 0.166 e. The Balaban J connectivity index is 2.09. The first kappa shape index (κ1) is 11.0. The SMILES string of the molecule is CCCCNC(=S)NCc1ccno1. The quantitative estimate of drug-likeness (QED) is 0.572. The zero-order chi connectivity index (χ0) is 10.2. The van der Waals surface area contributed by atoms with Crippen LogP contribution in [-0.4, -0.2) is 16.8 Å². The third kappa shape index (κ3) is 4.23. The van der Waals surface area contributed by atoms with Crippen molar-refractivity contribution in [2.24, 2.45) is 0 Å². The van der Waals surface area contributed by atoms with Crippen molar-refractivity contribution in [1.29, 1.82) is 0 Å². The molecule has 0 aliphatic carbocycles. The summed E-state index contributed by atoms with van der Waals surface area (Å²) in [6.45, 7) is 3.64. The predicted octanol–water partition coefficient (Wildman–Crippen LogP) is 1.44. The van der Waals surface area contributed by atoms with Gasteiger partial charge >= 0.3 is 0 Å². The number of aromatic nitrogens is 1. The van der Waals surface area contributed by atoms with Gasteiger partial charge in [0.05, 0.1) is 12.7 Å². The zero-order valence-corrected chi connectivity index (χ0v) is 9.06. The van der Waals surface area contributed by atoms with E-state index in [2.05, 4.69) is 22.7 Å². The summed E-state index contributed by atoms with van der Waals surface area (Å²) in [5.41, 5.74) is 0. The number of thiocarbonyl (C=S) groups is 1. The van der Waals surface area contributed by atoms with Crippen molar-refractivity contribution in [3.05, 3.63) is 18.0 Å². The average molecular weight is 213 g/mol. The van der Waals surface area contributed by atoms with Crippen LogP contribution in [0.2, 0.25) is 0 Å². The third-order valence-electron chi connectivity index (χ3n) is 1.73. The van der Waals surface area contributed by atoms with E-state index in [0.717, 1.165) is 25.1 Å². The first-order valence-electron chi connectivity index (χ1n) is 4.74. The molecule has 0 saturated heterocycles. The van der Waals surface area contributed by atoms with Crippen LogP contribution in [0.25, 0.3) is 0 Å².